The lowest BCUT2D eigenvalue weighted by Gasteiger charge is -2.03. The van der Waals surface area contributed by atoms with Crippen molar-refractivity contribution in [2.45, 2.75) is 5.44 Å². The maximum atomic E-state index is 11.0. The summed E-state index contributed by atoms with van der Waals surface area (Å²) in [4.78, 5) is 21.7. The first-order valence-electron chi connectivity index (χ1n) is 3.27. The topological polar surface area (TPSA) is 69.7 Å². The van der Waals surface area contributed by atoms with E-state index in [2.05, 4.69) is 4.74 Å². The summed E-state index contributed by atoms with van der Waals surface area (Å²) in [5.74, 6) is -1.57. The minimum Gasteiger partial charge on any atom is -0.463 e. The number of ketones is 1. The molecule has 0 bridgehead atoms. The van der Waals surface area contributed by atoms with E-state index in [1.807, 2.05) is 0 Å². The number of Topliss-reactive ketones (excluding diaryl/α,β-unsaturated/α-hetero) is 1. The van der Waals surface area contributed by atoms with Gasteiger partial charge in [0.2, 0.25) is 5.44 Å². The molecule has 0 N–H and O–H groups in total. The van der Waals surface area contributed by atoms with Gasteiger partial charge in [-0.1, -0.05) is 0 Å². The molecule has 1 rings (SSSR count). The number of rotatable bonds is 2. The van der Waals surface area contributed by atoms with Crippen LogP contribution >= 0.6 is 0 Å². The van der Waals surface area contributed by atoms with Crippen LogP contribution in [-0.2, 0) is 29.9 Å². The first kappa shape index (κ1) is 9.34. The predicted molar refractivity (Wildman–Crippen MR) is 39.8 cm³/mol. The molecule has 0 amide bonds. The van der Waals surface area contributed by atoms with Gasteiger partial charge < -0.3 is 9.47 Å². The molecule has 5 nitrogen and oxygen atoms in total. The molecule has 1 saturated heterocycles. The van der Waals surface area contributed by atoms with Gasteiger partial charge >= 0.3 is 5.97 Å². The van der Waals surface area contributed by atoms with Crippen molar-refractivity contribution in [1.29, 1.82) is 0 Å². The molecule has 1 aliphatic heterocycles. The van der Waals surface area contributed by atoms with E-state index in [0.29, 0.717) is 5.75 Å². The van der Waals surface area contributed by atoms with Crippen molar-refractivity contribution in [1.82, 2.24) is 0 Å². The molecule has 68 valence electrons. The van der Waals surface area contributed by atoms with Crippen LogP contribution in [0.1, 0.15) is 0 Å². The zero-order chi connectivity index (χ0) is 9.14. The van der Waals surface area contributed by atoms with E-state index < -0.39 is 28.0 Å². The van der Waals surface area contributed by atoms with Crippen LogP contribution in [0.25, 0.3) is 0 Å². The quantitative estimate of drug-likeness (QED) is 0.407. The van der Waals surface area contributed by atoms with Crippen molar-refractivity contribution in [3.05, 3.63) is 0 Å². The van der Waals surface area contributed by atoms with E-state index in [1.54, 1.807) is 0 Å². The summed E-state index contributed by atoms with van der Waals surface area (Å²) in [6.07, 6.45) is 0. The molecular formula is C6H8O5S. The van der Waals surface area contributed by atoms with Crippen molar-refractivity contribution < 1.29 is 23.3 Å². The van der Waals surface area contributed by atoms with Gasteiger partial charge in [0.25, 0.3) is 5.78 Å². The van der Waals surface area contributed by atoms with E-state index >= 15 is 0 Å². The Kier molecular flexibility index (Phi) is 2.93. The Morgan fingerprint density at radius 2 is 2.25 bits per heavy atom. The maximum Gasteiger partial charge on any atom is 0.378 e. The molecular weight excluding hydrogens is 184 g/mol. The largest absolute Gasteiger partial charge is 0.463 e. The molecule has 1 fully saturated rings. The highest BCUT2D eigenvalue weighted by atomic mass is 32.2. The number of hydrogen-bond acceptors (Lipinski definition) is 5. The summed E-state index contributed by atoms with van der Waals surface area (Å²) in [5, 5.41) is 0. The lowest BCUT2D eigenvalue weighted by molar-refractivity contribution is -0.154. The Morgan fingerprint density at radius 1 is 1.58 bits per heavy atom. The van der Waals surface area contributed by atoms with Crippen LogP contribution in [0.5, 0.6) is 0 Å². The fraction of sp³-hybridized carbons (Fsp3) is 0.667. The molecule has 0 spiro atoms. The number of hydrogen-bond donors (Lipinski definition) is 0. The number of ether oxygens (including phenoxy) is 2. The molecule has 0 aromatic rings. The highest BCUT2D eigenvalue weighted by Gasteiger charge is 2.35. The monoisotopic (exact) mass is 192 g/mol. The second-order valence-electron chi connectivity index (χ2n) is 2.14. The maximum absolute atomic E-state index is 11.0. The van der Waals surface area contributed by atoms with Crippen LogP contribution in [0.2, 0.25) is 0 Å². The highest BCUT2D eigenvalue weighted by molar-refractivity contribution is 7.86. The third kappa shape index (κ3) is 1.70. The van der Waals surface area contributed by atoms with Gasteiger partial charge in [-0.2, -0.15) is 0 Å². The first-order valence-corrected chi connectivity index (χ1v) is 4.66. The molecule has 6 heteroatoms. The number of carbonyl (C=O) groups excluding carboxylic acids is 2. The average Bonchev–Trinajstić information content (AvgIpc) is 2.48. The van der Waals surface area contributed by atoms with Crippen LogP contribution in [0.4, 0.5) is 0 Å². The Labute approximate surface area is 71.5 Å². The minimum atomic E-state index is -1.39. The minimum absolute atomic E-state index is 0.250. The molecule has 0 saturated carbocycles. The normalized spacial score (nSPS) is 28.4. The molecule has 0 unspecified atom stereocenters. The zero-order valence-corrected chi connectivity index (χ0v) is 7.26. The van der Waals surface area contributed by atoms with Crippen LogP contribution in [0.3, 0.4) is 0 Å². The third-order valence-electron chi connectivity index (χ3n) is 1.39. The highest BCUT2D eigenvalue weighted by Crippen LogP contribution is 2.09. The van der Waals surface area contributed by atoms with Crippen molar-refractivity contribution in [2.24, 2.45) is 0 Å². The number of carbonyl (C=O) groups is 2. The summed E-state index contributed by atoms with van der Waals surface area (Å²) in [5.41, 5.74) is -1.11. The Morgan fingerprint density at radius 3 is 2.67 bits per heavy atom. The molecule has 0 aromatic heterocycles. The fourth-order valence-corrected chi connectivity index (χ4v) is 1.87. The standard InChI is InChI=1S/C6H8O5S/c1-10-5(8)4(7)6-11-2-3-12(6)9/h6H,2-3H2,1H3/t6-,12+/m0/s1. The van der Waals surface area contributed by atoms with E-state index in [9.17, 15) is 13.8 Å². The van der Waals surface area contributed by atoms with Gasteiger partial charge in [0.15, 0.2) is 0 Å². The van der Waals surface area contributed by atoms with E-state index in [0.717, 1.165) is 7.11 Å². The second kappa shape index (κ2) is 3.77. The van der Waals surface area contributed by atoms with E-state index in [4.69, 9.17) is 4.74 Å². The number of esters is 1. The summed E-state index contributed by atoms with van der Waals surface area (Å²) < 4.78 is 20.0. The van der Waals surface area contributed by atoms with Crippen molar-refractivity contribution >= 4 is 22.6 Å². The molecule has 0 aromatic carbocycles. The Balaban J connectivity index is 2.63. The van der Waals surface area contributed by atoms with Gasteiger partial charge in [0.05, 0.1) is 30.3 Å². The fourth-order valence-electron chi connectivity index (χ4n) is 0.812. The summed E-state index contributed by atoms with van der Waals surface area (Å²) >= 11 is 0. The molecule has 0 aliphatic carbocycles. The smallest absolute Gasteiger partial charge is 0.378 e. The predicted octanol–water partition coefficient (Wildman–Crippen LogP) is -1.17. The lowest BCUT2D eigenvalue weighted by Crippen LogP contribution is -2.31. The summed E-state index contributed by atoms with van der Waals surface area (Å²) in [7, 11) is -0.290. The Hall–Kier alpha value is -0.750. The summed E-state index contributed by atoms with van der Waals surface area (Å²) in [6.45, 7) is 0.250. The molecule has 12 heavy (non-hydrogen) atoms. The second-order valence-corrected chi connectivity index (χ2v) is 3.74. The van der Waals surface area contributed by atoms with Crippen molar-refractivity contribution in [3.63, 3.8) is 0 Å². The zero-order valence-electron chi connectivity index (χ0n) is 6.44. The van der Waals surface area contributed by atoms with Gasteiger partial charge in [-0.3, -0.25) is 9.00 Å². The lowest BCUT2D eigenvalue weighted by atomic mass is 10.4. The van der Waals surface area contributed by atoms with Crippen LogP contribution < -0.4 is 0 Å². The van der Waals surface area contributed by atoms with Gasteiger partial charge in [-0.15, -0.1) is 0 Å². The van der Waals surface area contributed by atoms with Crippen molar-refractivity contribution in [2.75, 3.05) is 19.5 Å². The van der Waals surface area contributed by atoms with Gasteiger partial charge in [0, 0.05) is 0 Å². The van der Waals surface area contributed by atoms with E-state index in [1.165, 1.54) is 0 Å². The van der Waals surface area contributed by atoms with Gasteiger partial charge in [0.1, 0.15) is 0 Å². The van der Waals surface area contributed by atoms with Gasteiger partial charge in [-0.25, -0.2) is 4.79 Å². The SMILES string of the molecule is COC(=O)C(=O)[C@H]1OCC[S@]1=O. The number of methoxy groups -OCH3 is 1. The summed E-state index contributed by atoms with van der Waals surface area (Å²) in [6, 6.07) is 0. The molecule has 0 radical (unpaired) electrons. The van der Waals surface area contributed by atoms with Crippen LogP contribution in [0.15, 0.2) is 0 Å². The van der Waals surface area contributed by atoms with Crippen molar-refractivity contribution in [3.8, 4) is 0 Å². The van der Waals surface area contributed by atoms with Gasteiger partial charge in [-0.05, 0) is 0 Å². The first-order chi connectivity index (χ1) is 5.66. The van der Waals surface area contributed by atoms with E-state index in [-0.39, 0.29) is 6.61 Å². The van der Waals surface area contributed by atoms with Crippen LogP contribution in [-0.4, -0.2) is 40.9 Å². The molecule has 1 heterocycles. The average molecular weight is 192 g/mol. The molecule has 1 aliphatic rings. The Bertz CT molecular complexity index is 236. The van der Waals surface area contributed by atoms with Crippen LogP contribution in [0, 0.1) is 0 Å². The third-order valence-corrected chi connectivity index (χ3v) is 2.79. The molecule has 2 atom stereocenters.